The van der Waals surface area contributed by atoms with E-state index < -0.39 is 0 Å². The maximum absolute atomic E-state index is 12.7. The Hall–Kier alpha value is -2.49. The van der Waals surface area contributed by atoms with E-state index in [0.717, 1.165) is 42.0 Å². The summed E-state index contributed by atoms with van der Waals surface area (Å²) < 4.78 is 5.21. The van der Waals surface area contributed by atoms with E-state index in [0.29, 0.717) is 0 Å². The molecule has 0 aliphatic carbocycles. The number of aryl methyl sites for hydroxylation is 1. The number of urea groups is 1. The van der Waals surface area contributed by atoms with Crippen LogP contribution in [0.2, 0.25) is 0 Å². The molecule has 1 saturated heterocycles. The van der Waals surface area contributed by atoms with E-state index in [2.05, 4.69) is 5.32 Å². The van der Waals surface area contributed by atoms with Gasteiger partial charge in [0.05, 0.1) is 13.2 Å². The van der Waals surface area contributed by atoms with Crippen molar-refractivity contribution in [2.75, 3.05) is 19.0 Å². The predicted octanol–water partition coefficient (Wildman–Crippen LogP) is 4.37. The zero-order valence-electron chi connectivity index (χ0n) is 13.6. The van der Waals surface area contributed by atoms with Crippen LogP contribution in [0.1, 0.15) is 30.0 Å². The number of ether oxygens (including phenoxy) is 1. The van der Waals surface area contributed by atoms with Crippen LogP contribution in [0.5, 0.6) is 5.75 Å². The summed E-state index contributed by atoms with van der Waals surface area (Å²) in [5.41, 5.74) is 3.10. The minimum atomic E-state index is -0.0300. The lowest BCUT2D eigenvalue weighted by atomic mass is 10.0. The summed E-state index contributed by atoms with van der Waals surface area (Å²) in [6.45, 7) is 2.79. The van der Waals surface area contributed by atoms with Gasteiger partial charge in [-0.3, -0.25) is 0 Å². The van der Waals surface area contributed by atoms with E-state index in [1.165, 1.54) is 0 Å². The van der Waals surface area contributed by atoms with Crippen LogP contribution < -0.4 is 10.1 Å². The van der Waals surface area contributed by atoms with Gasteiger partial charge in [-0.05, 0) is 49.1 Å². The maximum Gasteiger partial charge on any atom is 0.322 e. The summed E-state index contributed by atoms with van der Waals surface area (Å²) >= 11 is 0. The van der Waals surface area contributed by atoms with E-state index in [4.69, 9.17) is 4.74 Å². The molecule has 1 aliphatic heterocycles. The Morgan fingerprint density at radius 3 is 2.61 bits per heavy atom. The van der Waals surface area contributed by atoms with Crippen LogP contribution in [-0.4, -0.2) is 24.6 Å². The van der Waals surface area contributed by atoms with Crippen molar-refractivity contribution in [2.24, 2.45) is 0 Å². The second-order valence-corrected chi connectivity index (χ2v) is 5.87. The lowest BCUT2D eigenvalue weighted by Gasteiger charge is -2.26. The molecule has 4 nitrogen and oxygen atoms in total. The molecular weight excluding hydrogens is 288 g/mol. The fraction of sp³-hybridized carbons (Fsp3) is 0.316. The Bertz CT molecular complexity index is 682. The molecule has 1 N–H and O–H groups in total. The van der Waals surface area contributed by atoms with Crippen molar-refractivity contribution >= 4 is 11.7 Å². The second kappa shape index (κ2) is 6.73. The molecule has 1 unspecified atom stereocenters. The smallest absolute Gasteiger partial charge is 0.322 e. The van der Waals surface area contributed by atoms with Gasteiger partial charge in [0.1, 0.15) is 5.75 Å². The van der Waals surface area contributed by atoms with Crippen molar-refractivity contribution in [1.29, 1.82) is 0 Å². The summed E-state index contributed by atoms with van der Waals surface area (Å²) in [6.07, 6.45) is 2.02. The monoisotopic (exact) mass is 310 g/mol. The third-order valence-corrected chi connectivity index (χ3v) is 4.40. The molecular formula is C19H22N2O2. The first kappa shape index (κ1) is 15.4. The summed E-state index contributed by atoms with van der Waals surface area (Å²) in [6, 6.07) is 15.9. The Kier molecular flexibility index (Phi) is 4.51. The number of carbonyl (C=O) groups is 1. The van der Waals surface area contributed by atoms with Crippen LogP contribution in [-0.2, 0) is 0 Å². The first-order valence-corrected chi connectivity index (χ1v) is 7.96. The molecule has 0 bridgehead atoms. The van der Waals surface area contributed by atoms with Gasteiger partial charge in [-0.25, -0.2) is 4.79 Å². The zero-order valence-corrected chi connectivity index (χ0v) is 13.6. The standard InChI is InChI=1S/C19H22N2O2/c1-14-6-3-4-7-17(14)20-19(22)21-13-5-8-18(21)15-9-11-16(23-2)12-10-15/h3-4,6-7,9-12,18H,5,8,13H2,1-2H3,(H,20,22). The molecule has 23 heavy (non-hydrogen) atoms. The van der Waals surface area contributed by atoms with Crippen LogP contribution >= 0.6 is 0 Å². The van der Waals surface area contributed by atoms with Gasteiger partial charge in [0, 0.05) is 12.2 Å². The average molecular weight is 310 g/mol. The quantitative estimate of drug-likeness (QED) is 0.914. The lowest BCUT2D eigenvalue weighted by Crippen LogP contribution is -2.34. The summed E-state index contributed by atoms with van der Waals surface area (Å²) in [5.74, 6) is 0.836. The van der Waals surface area contributed by atoms with E-state index in [9.17, 15) is 4.79 Å². The van der Waals surface area contributed by atoms with E-state index in [1.54, 1.807) is 7.11 Å². The van der Waals surface area contributed by atoms with Gasteiger partial charge < -0.3 is 15.0 Å². The largest absolute Gasteiger partial charge is 0.497 e. The number of hydrogen-bond donors (Lipinski definition) is 1. The SMILES string of the molecule is COc1ccc(C2CCCN2C(=O)Nc2ccccc2C)cc1. The fourth-order valence-corrected chi connectivity index (χ4v) is 3.08. The van der Waals surface area contributed by atoms with Crippen molar-refractivity contribution in [2.45, 2.75) is 25.8 Å². The fourth-order valence-electron chi connectivity index (χ4n) is 3.08. The number of likely N-dealkylation sites (tertiary alicyclic amines) is 1. The number of hydrogen-bond acceptors (Lipinski definition) is 2. The molecule has 2 aromatic rings. The summed E-state index contributed by atoms with van der Waals surface area (Å²) in [4.78, 5) is 14.6. The topological polar surface area (TPSA) is 41.6 Å². The second-order valence-electron chi connectivity index (χ2n) is 5.87. The number of carbonyl (C=O) groups excluding carboxylic acids is 1. The molecule has 0 radical (unpaired) electrons. The van der Waals surface area contributed by atoms with Crippen molar-refractivity contribution in [3.63, 3.8) is 0 Å². The van der Waals surface area contributed by atoms with E-state index in [1.807, 2.05) is 60.4 Å². The highest BCUT2D eigenvalue weighted by molar-refractivity contribution is 5.90. The van der Waals surface area contributed by atoms with Crippen LogP contribution in [0.15, 0.2) is 48.5 Å². The summed E-state index contributed by atoms with van der Waals surface area (Å²) in [5, 5.41) is 3.04. The molecule has 3 rings (SSSR count). The number of para-hydroxylation sites is 1. The normalized spacial score (nSPS) is 17.1. The van der Waals surface area contributed by atoms with Crippen LogP contribution in [0.25, 0.3) is 0 Å². The predicted molar refractivity (Wildman–Crippen MR) is 91.9 cm³/mol. The van der Waals surface area contributed by atoms with Crippen LogP contribution in [0.3, 0.4) is 0 Å². The van der Waals surface area contributed by atoms with E-state index >= 15 is 0 Å². The molecule has 0 saturated carbocycles. The number of nitrogens with one attached hydrogen (secondary N) is 1. The number of nitrogens with zero attached hydrogens (tertiary/aromatic N) is 1. The first-order valence-electron chi connectivity index (χ1n) is 7.96. The lowest BCUT2D eigenvalue weighted by molar-refractivity contribution is 0.207. The van der Waals surface area contributed by atoms with Gasteiger partial charge in [0.15, 0.2) is 0 Å². The average Bonchev–Trinajstić information content (AvgIpc) is 3.07. The van der Waals surface area contributed by atoms with Gasteiger partial charge in [0.2, 0.25) is 0 Å². The minimum Gasteiger partial charge on any atom is -0.497 e. The highest BCUT2D eigenvalue weighted by atomic mass is 16.5. The van der Waals surface area contributed by atoms with E-state index in [-0.39, 0.29) is 12.1 Å². The number of benzene rings is 2. The summed E-state index contributed by atoms with van der Waals surface area (Å²) in [7, 11) is 1.66. The van der Waals surface area contributed by atoms with Crippen molar-refractivity contribution in [3.05, 3.63) is 59.7 Å². The van der Waals surface area contributed by atoms with Gasteiger partial charge in [-0.2, -0.15) is 0 Å². The van der Waals surface area contributed by atoms with Crippen molar-refractivity contribution in [1.82, 2.24) is 4.90 Å². The number of methoxy groups -OCH3 is 1. The first-order chi connectivity index (χ1) is 11.2. The maximum atomic E-state index is 12.7. The molecule has 1 fully saturated rings. The third kappa shape index (κ3) is 3.31. The number of anilines is 1. The van der Waals surface area contributed by atoms with Gasteiger partial charge in [0.25, 0.3) is 0 Å². The molecule has 1 atom stereocenters. The van der Waals surface area contributed by atoms with Gasteiger partial charge in [-0.15, -0.1) is 0 Å². The molecule has 4 heteroatoms. The molecule has 1 aliphatic rings. The highest BCUT2D eigenvalue weighted by Crippen LogP contribution is 2.33. The highest BCUT2D eigenvalue weighted by Gasteiger charge is 2.30. The van der Waals surface area contributed by atoms with Crippen molar-refractivity contribution in [3.8, 4) is 5.75 Å². The molecule has 1 heterocycles. The molecule has 0 spiro atoms. The van der Waals surface area contributed by atoms with Gasteiger partial charge in [-0.1, -0.05) is 30.3 Å². The number of amides is 2. The molecule has 2 amide bonds. The molecule has 0 aromatic heterocycles. The van der Waals surface area contributed by atoms with Gasteiger partial charge >= 0.3 is 6.03 Å². The third-order valence-electron chi connectivity index (χ3n) is 4.40. The zero-order chi connectivity index (χ0) is 16.2. The Balaban J connectivity index is 1.75. The molecule has 2 aromatic carbocycles. The van der Waals surface area contributed by atoms with Crippen LogP contribution in [0, 0.1) is 6.92 Å². The number of rotatable bonds is 3. The Labute approximate surface area is 137 Å². The Morgan fingerprint density at radius 2 is 1.91 bits per heavy atom. The molecule has 120 valence electrons. The Morgan fingerprint density at radius 1 is 1.17 bits per heavy atom. The van der Waals surface area contributed by atoms with Crippen LogP contribution in [0.4, 0.5) is 10.5 Å². The minimum absolute atomic E-state index is 0.0300. The van der Waals surface area contributed by atoms with Crippen molar-refractivity contribution < 1.29 is 9.53 Å².